The summed E-state index contributed by atoms with van der Waals surface area (Å²) in [6.07, 6.45) is -1.46. The third-order valence-corrected chi connectivity index (χ3v) is 4.80. The predicted octanol–water partition coefficient (Wildman–Crippen LogP) is 3.68. The van der Waals surface area contributed by atoms with Crippen molar-refractivity contribution in [2.24, 2.45) is 0 Å². The summed E-state index contributed by atoms with van der Waals surface area (Å²) in [7, 11) is 2.16. The molecule has 0 heterocycles. The van der Waals surface area contributed by atoms with Gasteiger partial charge < -0.3 is 14.8 Å². The van der Waals surface area contributed by atoms with Crippen LogP contribution in [0, 0.1) is 0 Å². The second-order valence-electron chi connectivity index (χ2n) is 5.53. The van der Waals surface area contributed by atoms with E-state index < -0.39 is 35.9 Å². The van der Waals surface area contributed by atoms with E-state index in [1.54, 1.807) is 0 Å². The van der Waals surface area contributed by atoms with E-state index in [-0.39, 0.29) is 15.6 Å². The number of halogens is 5. The maximum Gasteiger partial charge on any atom is 0.407 e. The Morgan fingerprint density at radius 2 is 1.81 bits per heavy atom. The average Bonchev–Trinajstić information content (AvgIpc) is 2.54. The molecule has 6 nitrogen and oxygen atoms in total. The number of amides is 2. The van der Waals surface area contributed by atoms with E-state index in [0.717, 1.165) is 19.0 Å². The van der Waals surface area contributed by atoms with Gasteiger partial charge in [0.15, 0.2) is 0 Å². The Bertz CT molecular complexity index is 715. The lowest BCUT2D eigenvalue weighted by atomic mass is 9.85. The van der Waals surface area contributed by atoms with Gasteiger partial charge in [-0.1, -0.05) is 29.3 Å². The minimum absolute atomic E-state index is 0.0647. The summed E-state index contributed by atoms with van der Waals surface area (Å²) in [6.45, 7) is -0.576. The summed E-state index contributed by atoms with van der Waals surface area (Å²) in [5, 5.41) is 5.47. The van der Waals surface area contributed by atoms with Gasteiger partial charge in [-0.15, -0.1) is 0 Å². The molecule has 0 spiro atoms. The van der Waals surface area contributed by atoms with E-state index in [1.165, 1.54) is 18.2 Å². The van der Waals surface area contributed by atoms with Crippen molar-refractivity contribution < 1.29 is 28.3 Å². The predicted molar refractivity (Wildman–Crippen MR) is 93.0 cm³/mol. The molecule has 0 aliphatic heterocycles. The van der Waals surface area contributed by atoms with Crippen LogP contribution >= 0.6 is 34.8 Å². The van der Waals surface area contributed by atoms with Crippen molar-refractivity contribution >= 4 is 53.1 Å². The van der Waals surface area contributed by atoms with E-state index in [4.69, 9.17) is 34.8 Å². The number of carboxylic acid groups (broad SMARTS) is 1. The van der Waals surface area contributed by atoms with Crippen molar-refractivity contribution in [2.45, 2.75) is 17.3 Å². The summed E-state index contributed by atoms with van der Waals surface area (Å²) in [4.78, 5) is 35.9. The number of hydrogen-bond donors (Lipinski definition) is 1. The van der Waals surface area contributed by atoms with Gasteiger partial charge in [0.25, 0.3) is 0 Å². The van der Waals surface area contributed by atoms with Gasteiger partial charge in [-0.2, -0.15) is 8.78 Å². The zero-order valence-electron chi connectivity index (χ0n) is 13.7. The smallest absolute Gasteiger partial charge is 0.407 e. The van der Waals surface area contributed by atoms with Crippen molar-refractivity contribution in [1.82, 2.24) is 9.80 Å². The maximum atomic E-state index is 13.1. The standard InChI is InChI=1S/C15H15Cl3F2N2O4/c1-21(12(24)15(18,19)20)8-14(5-6-23,22(2)13(25)26)9-3-4-10(16)11(17)7-9/h3-4,6-7H,5,8H2,1-2H3,(H,25,26). The molecular weight excluding hydrogens is 417 g/mol. The fraction of sp³-hybridized carbons (Fsp3) is 0.400. The number of alkyl halides is 3. The monoisotopic (exact) mass is 430 g/mol. The Balaban J connectivity index is 3.53. The van der Waals surface area contributed by atoms with Crippen LogP contribution in [0.1, 0.15) is 12.0 Å². The number of carbonyl (C=O) groups is 3. The highest BCUT2D eigenvalue weighted by atomic mass is 35.5. The second kappa shape index (κ2) is 8.37. The summed E-state index contributed by atoms with van der Waals surface area (Å²) < 4.78 is 26.3. The van der Waals surface area contributed by atoms with Gasteiger partial charge in [0.1, 0.15) is 6.29 Å². The molecule has 1 N–H and O–H groups in total. The van der Waals surface area contributed by atoms with Gasteiger partial charge >= 0.3 is 17.4 Å². The molecule has 1 atom stereocenters. The van der Waals surface area contributed by atoms with Gasteiger partial charge in [0.05, 0.1) is 15.6 Å². The van der Waals surface area contributed by atoms with Crippen LogP contribution in [0.4, 0.5) is 13.6 Å². The molecular formula is C15H15Cl3F2N2O4. The van der Waals surface area contributed by atoms with Crippen LogP contribution in [0.3, 0.4) is 0 Å². The molecule has 0 radical (unpaired) electrons. The molecule has 0 aromatic heterocycles. The van der Waals surface area contributed by atoms with Crippen LogP contribution in [-0.2, 0) is 15.1 Å². The van der Waals surface area contributed by atoms with Gasteiger partial charge in [-0.25, -0.2) is 4.79 Å². The molecule has 0 fully saturated rings. The van der Waals surface area contributed by atoms with Gasteiger partial charge in [0, 0.05) is 27.1 Å². The zero-order chi connectivity index (χ0) is 20.3. The quantitative estimate of drug-likeness (QED) is 0.528. The summed E-state index contributed by atoms with van der Waals surface area (Å²) in [5.41, 5.74) is -1.49. The summed E-state index contributed by atoms with van der Waals surface area (Å²) >= 11 is 16.6. The first-order valence-electron chi connectivity index (χ1n) is 7.05. The summed E-state index contributed by atoms with van der Waals surface area (Å²) in [6, 6.07) is 4.07. The highest BCUT2D eigenvalue weighted by Crippen LogP contribution is 2.36. The number of carbonyl (C=O) groups excluding carboxylic acids is 2. The molecule has 2 amide bonds. The third-order valence-electron chi connectivity index (χ3n) is 3.89. The highest BCUT2D eigenvalue weighted by molar-refractivity contribution is 6.42. The van der Waals surface area contributed by atoms with Gasteiger partial charge in [0.2, 0.25) is 0 Å². The molecule has 0 aliphatic carbocycles. The molecule has 1 rings (SSSR count). The van der Waals surface area contributed by atoms with Crippen LogP contribution in [0.2, 0.25) is 10.0 Å². The molecule has 0 saturated carbocycles. The molecule has 1 unspecified atom stereocenters. The molecule has 144 valence electrons. The number of likely N-dealkylation sites (N-methyl/N-ethyl adjacent to an activating group) is 2. The normalized spacial score (nSPS) is 13.7. The molecule has 0 bridgehead atoms. The number of rotatable bonds is 7. The first-order valence-corrected chi connectivity index (χ1v) is 8.18. The van der Waals surface area contributed by atoms with Crippen molar-refractivity contribution in [3.05, 3.63) is 33.8 Å². The van der Waals surface area contributed by atoms with E-state index in [9.17, 15) is 28.3 Å². The second-order valence-corrected chi connectivity index (χ2v) is 6.82. The van der Waals surface area contributed by atoms with Crippen molar-refractivity contribution in [2.75, 3.05) is 20.6 Å². The lowest BCUT2D eigenvalue weighted by molar-refractivity contribution is -0.147. The van der Waals surface area contributed by atoms with Crippen LogP contribution in [-0.4, -0.2) is 59.2 Å². The molecule has 1 aromatic rings. The first-order chi connectivity index (χ1) is 11.9. The third kappa shape index (κ3) is 4.75. The largest absolute Gasteiger partial charge is 0.465 e. The average molecular weight is 432 g/mol. The van der Waals surface area contributed by atoms with Gasteiger partial charge in [-0.05, 0) is 29.3 Å². The first kappa shape index (κ1) is 22.4. The van der Waals surface area contributed by atoms with Crippen LogP contribution < -0.4 is 0 Å². The molecule has 0 aliphatic rings. The Kier molecular flexibility index (Phi) is 7.21. The number of hydrogen-bond acceptors (Lipinski definition) is 3. The Hall–Kier alpha value is -1.64. The Labute approximate surface area is 163 Å². The fourth-order valence-electron chi connectivity index (χ4n) is 2.50. The lowest BCUT2D eigenvalue weighted by Gasteiger charge is -2.42. The van der Waals surface area contributed by atoms with Crippen LogP contribution in [0.15, 0.2) is 18.2 Å². The number of nitrogens with zero attached hydrogens (tertiary/aromatic N) is 2. The molecule has 0 saturated heterocycles. The van der Waals surface area contributed by atoms with Gasteiger partial charge in [-0.3, -0.25) is 9.69 Å². The SMILES string of the molecule is CN(CC(CC=O)(c1ccc(Cl)c(Cl)c1)N(C)C(=O)O)C(=O)C(F)(F)Cl. The fourth-order valence-corrected chi connectivity index (χ4v) is 2.94. The Morgan fingerprint density at radius 1 is 1.23 bits per heavy atom. The van der Waals surface area contributed by atoms with Crippen LogP contribution in [0.25, 0.3) is 0 Å². The minimum atomic E-state index is -4.18. The van der Waals surface area contributed by atoms with Crippen molar-refractivity contribution in [3.63, 3.8) is 0 Å². The maximum absolute atomic E-state index is 13.1. The summed E-state index contributed by atoms with van der Waals surface area (Å²) in [5.74, 6) is -1.74. The highest BCUT2D eigenvalue weighted by Gasteiger charge is 2.45. The van der Waals surface area contributed by atoms with E-state index in [0.29, 0.717) is 11.2 Å². The molecule has 11 heteroatoms. The van der Waals surface area contributed by atoms with E-state index in [1.807, 2.05) is 0 Å². The number of benzene rings is 1. The lowest BCUT2D eigenvalue weighted by Crippen LogP contribution is -2.55. The van der Waals surface area contributed by atoms with Crippen molar-refractivity contribution in [3.8, 4) is 0 Å². The molecule has 26 heavy (non-hydrogen) atoms. The topological polar surface area (TPSA) is 77.9 Å². The van der Waals surface area contributed by atoms with E-state index >= 15 is 0 Å². The van der Waals surface area contributed by atoms with Crippen molar-refractivity contribution in [1.29, 1.82) is 0 Å². The van der Waals surface area contributed by atoms with Crippen LogP contribution in [0.5, 0.6) is 0 Å². The number of aldehydes is 1. The molecule has 1 aromatic carbocycles. The Morgan fingerprint density at radius 3 is 2.23 bits per heavy atom. The van der Waals surface area contributed by atoms with E-state index in [2.05, 4.69) is 0 Å². The zero-order valence-corrected chi connectivity index (χ0v) is 15.9. The minimum Gasteiger partial charge on any atom is -0.465 e.